The van der Waals surface area contributed by atoms with Crippen molar-refractivity contribution in [2.45, 2.75) is 5.92 Å². The molecule has 23 heavy (non-hydrogen) atoms. The summed E-state index contributed by atoms with van der Waals surface area (Å²) in [4.78, 5) is 8.26. The van der Waals surface area contributed by atoms with E-state index in [2.05, 4.69) is 20.6 Å². The van der Waals surface area contributed by atoms with E-state index in [1.165, 1.54) is 18.0 Å². The van der Waals surface area contributed by atoms with Crippen LogP contribution in [0.5, 0.6) is 0 Å². The van der Waals surface area contributed by atoms with Crippen molar-refractivity contribution in [3.05, 3.63) is 51.8 Å². The summed E-state index contributed by atoms with van der Waals surface area (Å²) in [6, 6.07) is 7.80. The number of hydrogen-bond acceptors (Lipinski definition) is 5. The zero-order valence-electron chi connectivity index (χ0n) is 12.3. The lowest BCUT2D eigenvalue weighted by molar-refractivity contribution is 0.544. The summed E-state index contributed by atoms with van der Waals surface area (Å²) in [7, 11) is 0. The maximum atomic E-state index is 8.75. The molecule has 1 aliphatic rings. The molecule has 0 amide bonds. The van der Waals surface area contributed by atoms with Gasteiger partial charge in [0.1, 0.15) is 6.07 Å². The molecule has 2 aromatic rings. The van der Waals surface area contributed by atoms with Gasteiger partial charge in [0.2, 0.25) is 5.95 Å². The topological polar surface area (TPSA) is 73.6 Å². The van der Waals surface area contributed by atoms with Gasteiger partial charge in [-0.3, -0.25) is 0 Å². The number of hydrogen-bond donors (Lipinski definition) is 2. The van der Waals surface area contributed by atoms with Crippen LogP contribution < -0.4 is 10.6 Å². The summed E-state index contributed by atoms with van der Waals surface area (Å²) in [5, 5.41) is 16.6. The molecule has 2 atom stereocenters. The Balaban J connectivity index is 1.66. The average molecular weight is 348 g/mol. The SMILES string of the molecule is N#Cc1cnc(NCC2CNCC2c2ccc(Cl)c(Cl)c2)nc1. The molecular formula is C16H15Cl2N5. The fourth-order valence-corrected chi connectivity index (χ4v) is 3.09. The molecule has 1 saturated heterocycles. The van der Waals surface area contributed by atoms with Crippen LogP contribution in [0, 0.1) is 17.2 Å². The first-order valence-electron chi connectivity index (χ1n) is 7.29. The first-order valence-corrected chi connectivity index (χ1v) is 8.04. The lowest BCUT2D eigenvalue weighted by atomic mass is 9.89. The molecule has 0 spiro atoms. The summed E-state index contributed by atoms with van der Waals surface area (Å²) in [6.45, 7) is 2.55. The smallest absolute Gasteiger partial charge is 0.222 e. The Morgan fingerprint density at radius 2 is 2.00 bits per heavy atom. The van der Waals surface area contributed by atoms with E-state index in [0.29, 0.717) is 33.4 Å². The van der Waals surface area contributed by atoms with Crippen molar-refractivity contribution < 1.29 is 0 Å². The molecule has 1 aromatic carbocycles. The average Bonchev–Trinajstić information content (AvgIpc) is 3.04. The van der Waals surface area contributed by atoms with Crippen LogP contribution in [-0.2, 0) is 0 Å². The molecule has 1 fully saturated rings. The van der Waals surface area contributed by atoms with E-state index in [1.54, 1.807) is 0 Å². The van der Waals surface area contributed by atoms with E-state index in [9.17, 15) is 0 Å². The van der Waals surface area contributed by atoms with E-state index >= 15 is 0 Å². The molecule has 3 rings (SSSR count). The molecule has 0 bridgehead atoms. The van der Waals surface area contributed by atoms with Gasteiger partial charge in [0.05, 0.1) is 28.0 Å². The van der Waals surface area contributed by atoms with E-state index < -0.39 is 0 Å². The summed E-state index contributed by atoms with van der Waals surface area (Å²) < 4.78 is 0. The van der Waals surface area contributed by atoms with Crippen molar-refractivity contribution in [2.75, 3.05) is 25.0 Å². The minimum atomic E-state index is 0.357. The van der Waals surface area contributed by atoms with Crippen LogP contribution >= 0.6 is 23.2 Å². The highest BCUT2D eigenvalue weighted by Crippen LogP contribution is 2.32. The van der Waals surface area contributed by atoms with E-state index in [0.717, 1.165) is 19.6 Å². The van der Waals surface area contributed by atoms with Gasteiger partial charge in [-0.2, -0.15) is 5.26 Å². The Hall–Kier alpha value is -1.87. The molecule has 7 heteroatoms. The molecule has 118 valence electrons. The zero-order chi connectivity index (χ0) is 16.2. The molecular weight excluding hydrogens is 333 g/mol. The standard InChI is InChI=1S/C16H15Cl2N5/c17-14-2-1-11(3-15(14)18)13-9-20-7-12(13)8-23-16-21-5-10(4-19)6-22-16/h1-3,5-6,12-13,20H,7-9H2,(H,21,22,23). The molecule has 0 aliphatic carbocycles. The number of rotatable bonds is 4. The van der Waals surface area contributed by atoms with E-state index in [1.807, 2.05) is 24.3 Å². The Labute approximate surface area is 144 Å². The number of nitriles is 1. The highest BCUT2D eigenvalue weighted by molar-refractivity contribution is 6.42. The van der Waals surface area contributed by atoms with Crippen LogP contribution in [0.3, 0.4) is 0 Å². The van der Waals surface area contributed by atoms with Crippen molar-refractivity contribution in [1.29, 1.82) is 5.26 Å². The van der Waals surface area contributed by atoms with Crippen molar-refractivity contribution in [2.24, 2.45) is 5.92 Å². The summed E-state index contributed by atoms with van der Waals surface area (Å²) in [6.07, 6.45) is 3.03. The van der Waals surface area contributed by atoms with Crippen LogP contribution in [0.15, 0.2) is 30.6 Å². The fraction of sp³-hybridized carbons (Fsp3) is 0.312. The number of anilines is 1. The van der Waals surface area contributed by atoms with Gasteiger partial charge in [0.15, 0.2) is 0 Å². The normalized spacial score (nSPS) is 20.2. The fourth-order valence-electron chi connectivity index (χ4n) is 2.78. The van der Waals surface area contributed by atoms with Gasteiger partial charge in [0, 0.05) is 25.6 Å². The van der Waals surface area contributed by atoms with Crippen molar-refractivity contribution in [3.8, 4) is 6.07 Å². The first kappa shape index (κ1) is 16.0. The van der Waals surface area contributed by atoms with Gasteiger partial charge in [-0.25, -0.2) is 9.97 Å². The van der Waals surface area contributed by atoms with Gasteiger partial charge in [-0.05, 0) is 23.6 Å². The highest BCUT2D eigenvalue weighted by Gasteiger charge is 2.28. The lowest BCUT2D eigenvalue weighted by Gasteiger charge is -2.20. The molecule has 2 unspecified atom stereocenters. The van der Waals surface area contributed by atoms with Crippen molar-refractivity contribution >= 4 is 29.2 Å². The molecule has 2 N–H and O–H groups in total. The zero-order valence-corrected chi connectivity index (χ0v) is 13.8. The largest absolute Gasteiger partial charge is 0.354 e. The van der Waals surface area contributed by atoms with Gasteiger partial charge >= 0.3 is 0 Å². The molecule has 5 nitrogen and oxygen atoms in total. The van der Waals surface area contributed by atoms with Crippen LogP contribution in [0.25, 0.3) is 0 Å². The quantitative estimate of drug-likeness (QED) is 0.888. The molecule has 1 aliphatic heterocycles. The molecule has 1 aromatic heterocycles. The minimum Gasteiger partial charge on any atom is -0.354 e. The number of nitrogens with zero attached hydrogens (tertiary/aromatic N) is 3. The Kier molecular flexibility index (Phi) is 4.97. The Morgan fingerprint density at radius 3 is 2.70 bits per heavy atom. The molecule has 2 heterocycles. The second-order valence-corrected chi connectivity index (χ2v) is 6.30. The maximum Gasteiger partial charge on any atom is 0.222 e. The Bertz CT molecular complexity index is 726. The third-order valence-electron chi connectivity index (χ3n) is 4.01. The number of aromatic nitrogens is 2. The second kappa shape index (κ2) is 7.14. The van der Waals surface area contributed by atoms with Crippen LogP contribution in [0.4, 0.5) is 5.95 Å². The molecule has 0 radical (unpaired) electrons. The van der Waals surface area contributed by atoms with Crippen molar-refractivity contribution in [3.63, 3.8) is 0 Å². The van der Waals surface area contributed by atoms with E-state index in [4.69, 9.17) is 28.5 Å². The van der Waals surface area contributed by atoms with Crippen LogP contribution in [0.1, 0.15) is 17.0 Å². The third kappa shape index (κ3) is 3.73. The van der Waals surface area contributed by atoms with Gasteiger partial charge in [-0.15, -0.1) is 0 Å². The van der Waals surface area contributed by atoms with E-state index in [-0.39, 0.29) is 0 Å². The van der Waals surface area contributed by atoms with Gasteiger partial charge in [-0.1, -0.05) is 29.3 Å². The monoisotopic (exact) mass is 347 g/mol. The predicted octanol–water partition coefficient (Wildman–Crippen LogP) is 3.07. The maximum absolute atomic E-state index is 8.75. The number of halogens is 2. The summed E-state index contributed by atoms with van der Waals surface area (Å²) in [5.74, 6) is 1.28. The summed E-state index contributed by atoms with van der Waals surface area (Å²) >= 11 is 12.1. The lowest BCUT2D eigenvalue weighted by Crippen LogP contribution is -2.21. The van der Waals surface area contributed by atoms with Crippen LogP contribution in [0.2, 0.25) is 10.0 Å². The number of benzene rings is 1. The van der Waals surface area contributed by atoms with Gasteiger partial charge in [0.25, 0.3) is 0 Å². The van der Waals surface area contributed by atoms with Gasteiger partial charge < -0.3 is 10.6 Å². The Morgan fingerprint density at radius 1 is 1.22 bits per heavy atom. The number of nitrogens with one attached hydrogen (secondary N) is 2. The molecule has 0 saturated carbocycles. The highest BCUT2D eigenvalue weighted by atomic mass is 35.5. The third-order valence-corrected chi connectivity index (χ3v) is 4.75. The minimum absolute atomic E-state index is 0.357. The second-order valence-electron chi connectivity index (χ2n) is 5.49. The van der Waals surface area contributed by atoms with Crippen LogP contribution in [-0.4, -0.2) is 29.6 Å². The van der Waals surface area contributed by atoms with Crippen molar-refractivity contribution in [1.82, 2.24) is 15.3 Å². The first-order chi connectivity index (χ1) is 11.2. The predicted molar refractivity (Wildman–Crippen MR) is 90.8 cm³/mol. The summed E-state index contributed by atoms with van der Waals surface area (Å²) in [5.41, 5.74) is 1.63.